The fourth-order valence-corrected chi connectivity index (χ4v) is 4.80. The highest BCUT2D eigenvalue weighted by atomic mass is 19.1. The molecule has 3 heterocycles. The van der Waals surface area contributed by atoms with Gasteiger partial charge in [-0.05, 0) is 61.6 Å². The number of carbonyl (C=O) groups excluding carboxylic acids is 1. The van der Waals surface area contributed by atoms with Crippen LogP contribution in [0.5, 0.6) is 0 Å². The molecule has 1 saturated heterocycles. The number of aromatic nitrogens is 2. The zero-order valence-electron chi connectivity index (χ0n) is 18.2. The summed E-state index contributed by atoms with van der Waals surface area (Å²) in [7, 11) is 0. The number of hydrogen-bond acceptors (Lipinski definition) is 2. The molecule has 0 atom stereocenters. The maximum Gasteiger partial charge on any atom is 0.222 e. The number of amides is 1. The molecule has 2 aromatic carbocycles. The molecule has 5 rings (SSSR count). The predicted octanol–water partition coefficient (Wildman–Crippen LogP) is 6.25. The van der Waals surface area contributed by atoms with Crippen LogP contribution in [0, 0.1) is 5.82 Å². The molecule has 0 bridgehead atoms. The van der Waals surface area contributed by atoms with E-state index in [1.54, 1.807) is 12.1 Å². The van der Waals surface area contributed by atoms with E-state index in [-0.39, 0.29) is 11.7 Å². The second-order valence-electron chi connectivity index (χ2n) is 8.71. The van der Waals surface area contributed by atoms with Crippen molar-refractivity contribution < 1.29 is 9.18 Å². The molecule has 4 aromatic rings. The van der Waals surface area contributed by atoms with Gasteiger partial charge in [0.1, 0.15) is 5.82 Å². The first-order valence-electron chi connectivity index (χ1n) is 11.6. The summed E-state index contributed by atoms with van der Waals surface area (Å²) in [6, 6.07) is 16.9. The zero-order valence-corrected chi connectivity index (χ0v) is 18.2. The minimum absolute atomic E-state index is 0.239. The van der Waals surface area contributed by atoms with Crippen LogP contribution in [0.4, 0.5) is 4.39 Å². The SMILES string of the molecule is O=C(CCCc1c(-c2ccc3ccccc3n2)[nH]c2ccc(F)cc12)N1CCCCCC1. The number of nitrogens with one attached hydrogen (secondary N) is 1. The topological polar surface area (TPSA) is 49.0 Å². The smallest absolute Gasteiger partial charge is 0.222 e. The van der Waals surface area contributed by atoms with E-state index in [0.717, 1.165) is 71.1 Å². The molecule has 0 unspecified atom stereocenters. The van der Waals surface area contributed by atoms with Crippen LogP contribution in [-0.4, -0.2) is 33.9 Å². The van der Waals surface area contributed by atoms with Crippen molar-refractivity contribution >= 4 is 27.7 Å². The molecule has 32 heavy (non-hydrogen) atoms. The van der Waals surface area contributed by atoms with Crippen molar-refractivity contribution in [2.75, 3.05) is 13.1 Å². The van der Waals surface area contributed by atoms with E-state index in [1.165, 1.54) is 18.9 Å². The maximum atomic E-state index is 14.1. The maximum absolute atomic E-state index is 14.1. The molecule has 0 aliphatic carbocycles. The first kappa shape index (κ1) is 20.7. The average molecular weight is 430 g/mol. The van der Waals surface area contributed by atoms with Gasteiger partial charge in [0, 0.05) is 35.8 Å². The number of H-pyrrole nitrogens is 1. The van der Waals surface area contributed by atoms with Crippen LogP contribution in [0.25, 0.3) is 33.2 Å². The van der Waals surface area contributed by atoms with Crippen LogP contribution in [0.1, 0.15) is 44.1 Å². The normalized spacial score (nSPS) is 14.7. The lowest BCUT2D eigenvalue weighted by molar-refractivity contribution is -0.131. The van der Waals surface area contributed by atoms with E-state index >= 15 is 0 Å². The molecule has 2 aromatic heterocycles. The molecule has 1 fully saturated rings. The number of aromatic amines is 1. The third-order valence-electron chi connectivity index (χ3n) is 6.50. The monoisotopic (exact) mass is 429 g/mol. The fraction of sp³-hybridized carbons (Fsp3) is 0.333. The Balaban J connectivity index is 1.43. The first-order valence-corrected chi connectivity index (χ1v) is 11.6. The standard InChI is InChI=1S/C27H28FN3O/c28-20-13-15-24-22(18-20)21(9-7-11-26(32)31-16-5-1-2-6-17-31)27(30-24)25-14-12-19-8-3-4-10-23(19)29-25/h3-4,8,10,12-15,18,30H,1-2,5-7,9,11,16-17H2. The summed E-state index contributed by atoms with van der Waals surface area (Å²) >= 11 is 0. The molecule has 1 N–H and O–H groups in total. The highest BCUT2D eigenvalue weighted by Crippen LogP contribution is 2.32. The lowest BCUT2D eigenvalue weighted by Gasteiger charge is -2.20. The van der Waals surface area contributed by atoms with Gasteiger partial charge in [0.15, 0.2) is 0 Å². The van der Waals surface area contributed by atoms with Crippen molar-refractivity contribution in [2.24, 2.45) is 0 Å². The summed E-state index contributed by atoms with van der Waals surface area (Å²) < 4.78 is 14.1. The van der Waals surface area contributed by atoms with Crippen LogP contribution >= 0.6 is 0 Å². The fourth-order valence-electron chi connectivity index (χ4n) is 4.80. The molecule has 1 aliphatic rings. The first-order chi connectivity index (χ1) is 15.7. The Morgan fingerprint density at radius 3 is 2.66 bits per heavy atom. The molecule has 4 nitrogen and oxygen atoms in total. The molecule has 0 saturated carbocycles. The van der Waals surface area contributed by atoms with Crippen molar-refractivity contribution in [1.29, 1.82) is 0 Å². The van der Waals surface area contributed by atoms with Crippen LogP contribution in [0.2, 0.25) is 0 Å². The number of para-hydroxylation sites is 1. The molecule has 5 heteroatoms. The van der Waals surface area contributed by atoms with Crippen molar-refractivity contribution in [2.45, 2.75) is 44.9 Å². The third-order valence-corrected chi connectivity index (χ3v) is 6.50. The largest absolute Gasteiger partial charge is 0.353 e. The number of nitrogens with zero attached hydrogens (tertiary/aromatic N) is 2. The van der Waals surface area contributed by atoms with Gasteiger partial charge in [-0.15, -0.1) is 0 Å². The second-order valence-corrected chi connectivity index (χ2v) is 8.71. The summed E-state index contributed by atoms with van der Waals surface area (Å²) in [5.74, 6) is -0.0142. The van der Waals surface area contributed by atoms with Gasteiger partial charge in [0.2, 0.25) is 5.91 Å². The number of pyridine rings is 1. The van der Waals surface area contributed by atoms with Gasteiger partial charge in [-0.2, -0.15) is 0 Å². The van der Waals surface area contributed by atoms with Crippen molar-refractivity contribution in [3.63, 3.8) is 0 Å². The number of fused-ring (bicyclic) bond motifs is 2. The van der Waals surface area contributed by atoms with E-state index < -0.39 is 0 Å². The summed E-state index contributed by atoms with van der Waals surface area (Å²) in [5.41, 5.74) is 4.61. The van der Waals surface area contributed by atoms with Crippen molar-refractivity contribution in [1.82, 2.24) is 14.9 Å². The Bertz CT molecular complexity index is 1250. The number of aryl methyl sites for hydroxylation is 1. The van der Waals surface area contributed by atoms with Crippen molar-refractivity contribution in [3.05, 3.63) is 66.0 Å². The number of benzene rings is 2. The molecular formula is C27H28FN3O. The Labute approximate surface area is 187 Å². The molecule has 0 spiro atoms. The Morgan fingerprint density at radius 1 is 1.00 bits per heavy atom. The van der Waals surface area contributed by atoms with Crippen LogP contribution in [-0.2, 0) is 11.2 Å². The molecular weight excluding hydrogens is 401 g/mol. The summed E-state index contributed by atoms with van der Waals surface area (Å²) in [4.78, 5) is 23.1. The zero-order chi connectivity index (χ0) is 21.9. The minimum atomic E-state index is -0.253. The second kappa shape index (κ2) is 9.11. The van der Waals surface area contributed by atoms with Gasteiger partial charge in [-0.1, -0.05) is 37.1 Å². The van der Waals surface area contributed by atoms with E-state index in [4.69, 9.17) is 4.98 Å². The minimum Gasteiger partial charge on any atom is -0.353 e. The van der Waals surface area contributed by atoms with Crippen LogP contribution in [0.3, 0.4) is 0 Å². The lowest BCUT2D eigenvalue weighted by atomic mass is 10.0. The predicted molar refractivity (Wildman–Crippen MR) is 127 cm³/mol. The Kier molecular flexibility index (Phi) is 5.89. The molecule has 0 radical (unpaired) electrons. The van der Waals surface area contributed by atoms with Crippen LogP contribution in [0.15, 0.2) is 54.6 Å². The third kappa shape index (κ3) is 4.24. The van der Waals surface area contributed by atoms with Gasteiger partial charge in [0.05, 0.1) is 16.9 Å². The van der Waals surface area contributed by atoms with Gasteiger partial charge in [-0.3, -0.25) is 4.79 Å². The van der Waals surface area contributed by atoms with E-state index in [1.807, 2.05) is 35.2 Å². The van der Waals surface area contributed by atoms with E-state index in [2.05, 4.69) is 11.1 Å². The highest BCUT2D eigenvalue weighted by molar-refractivity contribution is 5.91. The number of likely N-dealkylation sites (tertiary alicyclic amines) is 1. The van der Waals surface area contributed by atoms with Gasteiger partial charge < -0.3 is 9.88 Å². The lowest BCUT2D eigenvalue weighted by Crippen LogP contribution is -2.31. The van der Waals surface area contributed by atoms with E-state index in [0.29, 0.717) is 12.8 Å². The molecule has 1 aliphatic heterocycles. The quantitative estimate of drug-likeness (QED) is 0.408. The number of carbonyl (C=O) groups is 1. The summed E-state index contributed by atoms with van der Waals surface area (Å²) in [6.45, 7) is 1.76. The Hall–Kier alpha value is -3.21. The van der Waals surface area contributed by atoms with E-state index in [9.17, 15) is 9.18 Å². The highest BCUT2D eigenvalue weighted by Gasteiger charge is 2.18. The van der Waals surface area contributed by atoms with Gasteiger partial charge in [-0.25, -0.2) is 9.37 Å². The molecule has 1 amide bonds. The number of halogens is 1. The summed E-state index contributed by atoms with van der Waals surface area (Å²) in [5, 5.41) is 1.96. The Morgan fingerprint density at radius 2 is 1.81 bits per heavy atom. The van der Waals surface area contributed by atoms with Gasteiger partial charge in [0.25, 0.3) is 0 Å². The van der Waals surface area contributed by atoms with Gasteiger partial charge >= 0.3 is 0 Å². The molecule has 164 valence electrons. The van der Waals surface area contributed by atoms with Crippen LogP contribution < -0.4 is 0 Å². The number of rotatable bonds is 5. The van der Waals surface area contributed by atoms with Crippen molar-refractivity contribution in [3.8, 4) is 11.4 Å². The average Bonchev–Trinajstić information content (AvgIpc) is 2.98. The summed E-state index contributed by atoms with van der Waals surface area (Å²) in [6.07, 6.45) is 6.59. The number of hydrogen-bond donors (Lipinski definition) is 1.